The van der Waals surface area contributed by atoms with Crippen molar-refractivity contribution < 1.29 is 4.52 Å². The van der Waals surface area contributed by atoms with E-state index in [2.05, 4.69) is 35.6 Å². The van der Waals surface area contributed by atoms with Crippen LogP contribution in [0.5, 0.6) is 0 Å². The van der Waals surface area contributed by atoms with E-state index in [-0.39, 0.29) is 0 Å². The smallest absolute Gasteiger partial charge is 0.128 e. The predicted octanol–water partition coefficient (Wildman–Crippen LogP) is 3.46. The summed E-state index contributed by atoms with van der Waals surface area (Å²) in [5, 5.41) is 7.57. The Bertz CT molecular complexity index is 574. The summed E-state index contributed by atoms with van der Waals surface area (Å²) >= 11 is 0. The molecule has 2 aromatic rings. The lowest BCUT2D eigenvalue weighted by molar-refractivity contribution is 0.413. The number of hydrogen-bond acceptors (Lipinski definition) is 3. The van der Waals surface area contributed by atoms with E-state index in [0.29, 0.717) is 6.04 Å². The number of fused-ring (bicyclic) bond motifs is 1. The summed E-state index contributed by atoms with van der Waals surface area (Å²) in [5.74, 6) is 0. The van der Waals surface area contributed by atoms with Crippen LogP contribution in [0.4, 0.5) is 0 Å². The first-order chi connectivity index (χ1) is 9.24. The molecule has 19 heavy (non-hydrogen) atoms. The zero-order valence-electron chi connectivity index (χ0n) is 11.6. The standard InChI is InChI=1S/C16H20N2O/c1-11-6-7-13-4-3-5-16(15(13)8-11)17-9-14-10-19-18-12(14)2/h6-8,10,16-17H,3-5,9H2,1-2H3/t16-/m1/s1. The number of nitrogens with one attached hydrogen (secondary N) is 1. The second kappa shape index (κ2) is 5.17. The summed E-state index contributed by atoms with van der Waals surface area (Å²) in [7, 11) is 0. The summed E-state index contributed by atoms with van der Waals surface area (Å²) in [6, 6.07) is 7.28. The molecule has 1 aromatic carbocycles. The van der Waals surface area contributed by atoms with Crippen molar-refractivity contribution in [3.05, 3.63) is 52.4 Å². The minimum Gasteiger partial charge on any atom is -0.364 e. The van der Waals surface area contributed by atoms with Crippen LogP contribution in [0.2, 0.25) is 0 Å². The predicted molar refractivity (Wildman–Crippen MR) is 74.9 cm³/mol. The van der Waals surface area contributed by atoms with Crippen LogP contribution in [0.3, 0.4) is 0 Å². The lowest BCUT2D eigenvalue weighted by Crippen LogP contribution is -2.25. The molecule has 0 bridgehead atoms. The molecule has 0 fully saturated rings. The molecule has 1 atom stereocenters. The number of aryl methyl sites for hydroxylation is 3. The normalized spacial score (nSPS) is 18.3. The SMILES string of the molecule is Cc1ccc2c(c1)[C@H](NCc1conc1C)CCC2. The van der Waals surface area contributed by atoms with Crippen LogP contribution >= 0.6 is 0 Å². The van der Waals surface area contributed by atoms with E-state index in [1.807, 2.05) is 6.92 Å². The van der Waals surface area contributed by atoms with E-state index in [0.717, 1.165) is 17.8 Å². The summed E-state index contributed by atoms with van der Waals surface area (Å²) in [4.78, 5) is 0. The molecule has 0 radical (unpaired) electrons. The van der Waals surface area contributed by atoms with Gasteiger partial charge < -0.3 is 9.84 Å². The Morgan fingerprint density at radius 1 is 1.37 bits per heavy atom. The van der Waals surface area contributed by atoms with Crippen LogP contribution in [0.15, 0.2) is 29.0 Å². The molecular weight excluding hydrogens is 236 g/mol. The maximum Gasteiger partial charge on any atom is 0.128 e. The highest BCUT2D eigenvalue weighted by atomic mass is 16.5. The van der Waals surface area contributed by atoms with Crippen molar-refractivity contribution in [2.45, 2.75) is 45.7 Å². The van der Waals surface area contributed by atoms with E-state index in [4.69, 9.17) is 4.52 Å². The van der Waals surface area contributed by atoms with Crippen LogP contribution in [-0.4, -0.2) is 5.16 Å². The number of nitrogens with zero attached hydrogens (tertiary/aromatic N) is 1. The average molecular weight is 256 g/mol. The number of hydrogen-bond donors (Lipinski definition) is 1. The average Bonchev–Trinajstić information content (AvgIpc) is 2.82. The first kappa shape index (κ1) is 12.4. The Labute approximate surface area is 114 Å². The highest BCUT2D eigenvalue weighted by molar-refractivity contribution is 5.35. The fourth-order valence-electron chi connectivity index (χ4n) is 2.85. The van der Waals surface area contributed by atoms with Crippen LogP contribution in [0.25, 0.3) is 0 Å². The zero-order chi connectivity index (χ0) is 13.2. The van der Waals surface area contributed by atoms with Gasteiger partial charge in [0.1, 0.15) is 6.26 Å². The molecule has 1 aromatic heterocycles. The lowest BCUT2D eigenvalue weighted by Gasteiger charge is -2.27. The van der Waals surface area contributed by atoms with E-state index < -0.39 is 0 Å². The minimum atomic E-state index is 0.456. The maximum absolute atomic E-state index is 4.98. The molecule has 100 valence electrons. The molecule has 0 amide bonds. The third kappa shape index (κ3) is 2.56. The van der Waals surface area contributed by atoms with Crippen molar-refractivity contribution in [2.24, 2.45) is 0 Å². The van der Waals surface area contributed by atoms with Gasteiger partial charge in [0.15, 0.2) is 0 Å². The summed E-state index contributed by atoms with van der Waals surface area (Å²) in [6.07, 6.45) is 5.42. The number of benzene rings is 1. The van der Waals surface area contributed by atoms with Crippen LogP contribution in [0, 0.1) is 13.8 Å². The van der Waals surface area contributed by atoms with E-state index in [9.17, 15) is 0 Å². The van der Waals surface area contributed by atoms with Crippen LogP contribution in [0.1, 0.15) is 46.8 Å². The van der Waals surface area contributed by atoms with Gasteiger partial charge in [0.25, 0.3) is 0 Å². The van der Waals surface area contributed by atoms with Crippen molar-refractivity contribution in [1.82, 2.24) is 10.5 Å². The molecule has 0 spiro atoms. The second-order valence-corrected chi connectivity index (χ2v) is 5.45. The molecule has 1 N–H and O–H groups in total. The molecule has 3 heteroatoms. The monoisotopic (exact) mass is 256 g/mol. The third-order valence-corrected chi connectivity index (χ3v) is 4.00. The van der Waals surface area contributed by atoms with Gasteiger partial charge in [-0.1, -0.05) is 28.9 Å². The highest BCUT2D eigenvalue weighted by Gasteiger charge is 2.20. The van der Waals surface area contributed by atoms with Crippen molar-refractivity contribution in [1.29, 1.82) is 0 Å². The van der Waals surface area contributed by atoms with Gasteiger partial charge in [-0.2, -0.15) is 0 Å². The molecule has 1 aliphatic rings. The fraction of sp³-hybridized carbons (Fsp3) is 0.438. The third-order valence-electron chi connectivity index (χ3n) is 4.00. The molecule has 1 aliphatic carbocycles. The van der Waals surface area contributed by atoms with Crippen molar-refractivity contribution in [3.8, 4) is 0 Å². The lowest BCUT2D eigenvalue weighted by atomic mass is 9.86. The Morgan fingerprint density at radius 2 is 2.26 bits per heavy atom. The molecular formula is C16H20N2O. The van der Waals surface area contributed by atoms with Gasteiger partial charge in [0, 0.05) is 18.2 Å². The van der Waals surface area contributed by atoms with Gasteiger partial charge in [-0.05, 0) is 44.2 Å². The van der Waals surface area contributed by atoms with E-state index in [1.165, 1.54) is 36.0 Å². The first-order valence-electron chi connectivity index (χ1n) is 6.96. The minimum absolute atomic E-state index is 0.456. The van der Waals surface area contributed by atoms with Crippen molar-refractivity contribution >= 4 is 0 Å². The van der Waals surface area contributed by atoms with Gasteiger partial charge in [-0.25, -0.2) is 0 Å². The maximum atomic E-state index is 4.98. The van der Waals surface area contributed by atoms with Gasteiger partial charge in [-0.3, -0.25) is 0 Å². The molecule has 0 saturated heterocycles. The molecule has 3 rings (SSSR count). The number of rotatable bonds is 3. The molecule has 0 unspecified atom stereocenters. The summed E-state index contributed by atoms with van der Waals surface area (Å²) in [5.41, 5.74) is 6.44. The van der Waals surface area contributed by atoms with E-state index >= 15 is 0 Å². The molecule has 1 heterocycles. The largest absolute Gasteiger partial charge is 0.364 e. The van der Waals surface area contributed by atoms with Crippen molar-refractivity contribution in [2.75, 3.05) is 0 Å². The first-order valence-corrected chi connectivity index (χ1v) is 6.96. The van der Waals surface area contributed by atoms with Crippen LogP contribution < -0.4 is 5.32 Å². The molecule has 3 nitrogen and oxygen atoms in total. The summed E-state index contributed by atoms with van der Waals surface area (Å²) < 4.78 is 4.98. The van der Waals surface area contributed by atoms with Gasteiger partial charge >= 0.3 is 0 Å². The van der Waals surface area contributed by atoms with Gasteiger partial charge in [0.05, 0.1) is 5.69 Å². The Morgan fingerprint density at radius 3 is 3.05 bits per heavy atom. The fourth-order valence-corrected chi connectivity index (χ4v) is 2.85. The Hall–Kier alpha value is -1.61. The quantitative estimate of drug-likeness (QED) is 0.914. The summed E-state index contributed by atoms with van der Waals surface area (Å²) in [6.45, 7) is 4.98. The zero-order valence-corrected chi connectivity index (χ0v) is 11.6. The topological polar surface area (TPSA) is 38.1 Å². The van der Waals surface area contributed by atoms with Gasteiger partial charge in [0.2, 0.25) is 0 Å². The Kier molecular flexibility index (Phi) is 3.38. The molecule has 0 saturated carbocycles. The van der Waals surface area contributed by atoms with Crippen LogP contribution in [-0.2, 0) is 13.0 Å². The number of aromatic nitrogens is 1. The Balaban J connectivity index is 1.76. The van der Waals surface area contributed by atoms with E-state index in [1.54, 1.807) is 6.26 Å². The van der Waals surface area contributed by atoms with Gasteiger partial charge in [-0.15, -0.1) is 0 Å². The highest BCUT2D eigenvalue weighted by Crippen LogP contribution is 2.30. The second-order valence-electron chi connectivity index (χ2n) is 5.45. The van der Waals surface area contributed by atoms with Crippen molar-refractivity contribution in [3.63, 3.8) is 0 Å². The molecule has 0 aliphatic heterocycles.